The fraction of sp³-hybridized carbons (Fsp3) is 0.920. The summed E-state index contributed by atoms with van der Waals surface area (Å²) in [5, 5.41) is 3.22. The second-order valence-electron chi connectivity index (χ2n) is 17.5. The van der Waals surface area contributed by atoms with E-state index in [1.54, 1.807) is 0 Å². The van der Waals surface area contributed by atoms with Crippen LogP contribution in [0.15, 0.2) is 12.3 Å². The average molecular weight is 804 g/mol. The Morgan fingerprint density at radius 1 is 0.579 bits per heavy atom. The molecule has 0 unspecified atom stereocenters. The molecule has 1 rings (SSSR count). The highest BCUT2D eigenvalue weighted by Gasteiger charge is 2.16. The number of unbranched alkanes of at least 4 members (excludes halogenated alkanes) is 24. The van der Waals surface area contributed by atoms with Gasteiger partial charge in [-0.1, -0.05) is 169 Å². The number of amides is 2. The van der Waals surface area contributed by atoms with E-state index >= 15 is 0 Å². The quantitative estimate of drug-likeness (QED) is 0.0378. The van der Waals surface area contributed by atoms with Gasteiger partial charge in [0.1, 0.15) is 6.10 Å². The van der Waals surface area contributed by atoms with Gasteiger partial charge in [0.05, 0.1) is 12.4 Å². The third-order valence-corrected chi connectivity index (χ3v) is 12.0. The van der Waals surface area contributed by atoms with Gasteiger partial charge >= 0.3 is 12.0 Å². The number of nitrogens with one attached hydrogen (secondary N) is 1. The molecule has 57 heavy (non-hydrogen) atoms. The predicted octanol–water partition coefficient (Wildman–Crippen LogP) is 14.5. The molecule has 0 spiro atoms. The molecule has 1 heterocycles. The number of nitrogens with zero attached hydrogens (tertiary/aromatic N) is 2. The molecule has 1 fully saturated rings. The topological polar surface area (TPSA) is 71.1 Å². The van der Waals surface area contributed by atoms with Crippen LogP contribution in [0.25, 0.3) is 0 Å². The zero-order valence-corrected chi connectivity index (χ0v) is 38.5. The Kier molecular flexibility index (Phi) is 38.3. The van der Waals surface area contributed by atoms with Crippen molar-refractivity contribution in [3.63, 3.8) is 0 Å². The first kappa shape index (κ1) is 53.3. The van der Waals surface area contributed by atoms with Crippen LogP contribution >= 0.6 is 0 Å². The highest BCUT2D eigenvalue weighted by molar-refractivity contribution is 5.74. The fourth-order valence-electron chi connectivity index (χ4n) is 8.17. The molecule has 2 amide bonds. The van der Waals surface area contributed by atoms with Crippen LogP contribution in [-0.4, -0.2) is 73.8 Å². The van der Waals surface area contributed by atoms with Crippen molar-refractivity contribution in [3.8, 4) is 0 Å². The van der Waals surface area contributed by atoms with Crippen molar-refractivity contribution in [3.05, 3.63) is 12.3 Å². The van der Waals surface area contributed by atoms with Crippen LogP contribution in [0.5, 0.6) is 0 Å². The van der Waals surface area contributed by atoms with Crippen LogP contribution in [0.3, 0.4) is 0 Å². The van der Waals surface area contributed by atoms with Gasteiger partial charge in [-0.05, 0) is 83.7 Å². The second-order valence-corrected chi connectivity index (χ2v) is 17.5. The van der Waals surface area contributed by atoms with Gasteiger partial charge in [0.25, 0.3) is 0 Å². The largest absolute Gasteiger partial charge is 0.499 e. The van der Waals surface area contributed by atoms with Crippen molar-refractivity contribution < 1.29 is 19.1 Å². The number of carbonyl (C=O) groups is 2. The first-order chi connectivity index (χ1) is 28.0. The number of likely N-dealkylation sites (tertiary alicyclic amines) is 1. The van der Waals surface area contributed by atoms with Gasteiger partial charge in [-0.3, -0.25) is 4.79 Å². The van der Waals surface area contributed by atoms with Gasteiger partial charge in [0, 0.05) is 39.0 Å². The van der Waals surface area contributed by atoms with Crippen LogP contribution in [0.4, 0.5) is 4.79 Å². The van der Waals surface area contributed by atoms with E-state index in [2.05, 4.69) is 37.6 Å². The minimum Gasteiger partial charge on any atom is -0.499 e. The van der Waals surface area contributed by atoms with Crippen LogP contribution in [-0.2, 0) is 14.3 Å². The molecule has 7 nitrogen and oxygen atoms in total. The molecular formula is C50H97N3O4. The molecule has 0 atom stereocenters. The van der Waals surface area contributed by atoms with E-state index in [-0.39, 0.29) is 18.1 Å². The number of hydrogen-bond acceptors (Lipinski definition) is 5. The van der Waals surface area contributed by atoms with Gasteiger partial charge in [0.15, 0.2) is 0 Å². The Labute approximate surface area is 355 Å². The van der Waals surface area contributed by atoms with Crippen molar-refractivity contribution in [2.75, 3.05) is 45.9 Å². The fourth-order valence-corrected chi connectivity index (χ4v) is 8.17. The summed E-state index contributed by atoms with van der Waals surface area (Å²) in [6.07, 6.45) is 41.7. The predicted molar refractivity (Wildman–Crippen MR) is 245 cm³/mol. The number of allylic oxidation sites excluding steroid dienone is 1. The summed E-state index contributed by atoms with van der Waals surface area (Å²) < 4.78 is 12.0. The first-order valence-corrected chi connectivity index (χ1v) is 25.2. The van der Waals surface area contributed by atoms with E-state index in [1.807, 2.05) is 4.90 Å². The Morgan fingerprint density at radius 3 is 1.56 bits per heavy atom. The summed E-state index contributed by atoms with van der Waals surface area (Å²) in [6, 6.07) is 0.0853. The Morgan fingerprint density at radius 2 is 1.02 bits per heavy atom. The monoisotopic (exact) mass is 804 g/mol. The second kappa shape index (κ2) is 41.0. The van der Waals surface area contributed by atoms with Crippen LogP contribution in [0, 0.1) is 0 Å². The lowest BCUT2D eigenvalue weighted by atomic mass is 10.0. The zero-order valence-electron chi connectivity index (χ0n) is 38.5. The number of hydrogen-bond donors (Lipinski definition) is 1. The van der Waals surface area contributed by atoms with E-state index in [0.29, 0.717) is 6.42 Å². The molecule has 1 N–H and O–H groups in total. The van der Waals surface area contributed by atoms with E-state index in [9.17, 15) is 9.59 Å². The van der Waals surface area contributed by atoms with Crippen molar-refractivity contribution in [1.29, 1.82) is 0 Å². The van der Waals surface area contributed by atoms with Crippen molar-refractivity contribution >= 4 is 12.0 Å². The van der Waals surface area contributed by atoms with Crippen molar-refractivity contribution in [2.24, 2.45) is 0 Å². The molecule has 0 aliphatic carbocycles. The highest BCUT2D eigenvalue weighted by Crippen LogP contribution is 2.19. The summed E-state index contributed by atoms with van der Waals surface area (Å²) in [5.74, 6) is 0.920. The Hall–Kier alpha value is -1.76. The summed E-state index contributed by atoms with van der Waals surface area (Å²) >= 11 is 0. The molecule has 0 bridgehead atoms. The number of carbonyl (C=O) groups excluding carboxylic acids is 2. The van der Waals surface area contributed by atoms with Gasteiger partial charge in [0.2, 0.25) is 0 Å². The van der Waals surface area contributed by atoms with Gasteiger partial charge < -0.3 is 24.6 Å². The lowest BCUT2D eigenvalue weighted by molar-refractivity contribution is -0.150. The van der Waals surface area contributed by atoms with Crippen molar-refractivity contribution in [1.82, 2.24) is 15.1 Å². The van der Waals surface area contributed by atoms with E-state index < -0.39 is 0 Å². The SMILES string of the molecule is C=C(CCCCCN(CCCCCCCC(=O)OC(CCCCCCCC)CCCCCCCC)C(=O)NCCN1CCCC1)OCCCCCCCCCCC. The third-order valence-electron chi connectivity index (χ3n) is 12.0. The van der Waals surface area contributed by atoms with E-state index in [0.717, 1.165) is 129 Å². The third kappa shape index (κ3) is 34.8. The number of ether oxygens (including phenoxy) is 2. The molecule has 0 aromatic carbocycles. The minimum absolute atomic E-state index is 0.00248. The Balaban J connectivity index is 2.32. The van der Waals surface area contributed by atoms with Gasteiger partial charge in [-0.15, -0.1) is 0 Å². The molecule has 0 saturated carbocycles. The molecule has 0 aromatic heterocycles. The molecule has 0 radical (unpaired) electrons. The summed E-state index contributed by atoms with van der Waals surface area (Å²) in [5.41, 5.74) is 0. The normalized spacial score (nSPS) is 13.1. The van der Waals surface area contributed by atoms with E-state index in [4.69, 9.17) is 9.47 Å². The maximum atomic E-state index is 13.3. The number of rotatable bonds is 43. The number of urea groups is 1. The van der Waals surface area contributed by atoms with Crippen LogP contribution in [0.1, 0.15) is 245 Å². The van der Waals surface area contributed by atoms with Crippen LogP contribution < -0.4 is 5.32 Å². The molecule has 1 saturated heterocycles. The molecule has 0 aromatic rings. The number of esters is 1. The molecule has 1 aliphatic rings. The Bertz CT molecular complexity index is 892. The molecular weight excluding hydrogens is 707 g/mol. The maximum Gasteiger partial charge on any atom is 0.317 e. The molecule has 336 valence electrons. The zero-order chi connectivity index (χ0) is 41.3. The van der Waals surface area contributed by atoms with Crippen molar-refractivity contribution in [2.45, 2.75) is 252 Å². The molecule has 7 heteroatoms. The standard InChI is InChI=1S/C50H97N3O4/c1-5-8-11-14-17-18-19-25-35-46-56-47(4)36-27-26-32-44-53(50(55)51-40-45-52-41-33-34-42-52)43-31-24-20-23-30-39-49(54)57-48(37-28-21-15-12-9-6-2)38-29-22-16-13-10-7-3/h48H,4-46H2,1-3H3,(H,51,55). The lowest BCUT2D eigenvalue weighted by Crippen LogP contribution is -2.43. The molecule has 1 aliphatic heterocycles. The van der Waals surface area contributed by atoms with E-state index in [1.165, 1.54) is 141 Å². The summed E-state index contributed by atoms with van der Waals surface area (Å²) in [6.45, 7) is 17.3. The summed E-state index contributed by atoms with van der Waals surface area (Å²) in [7, 11) is 0. The minimum atomic E-state index is 0.00248. The van der Waals surface area contributed by atoms with Crippen LogP contribution in [0.2, 0.25) is 0 Å². The average Bonchev–Trinajstić information content (AvgIpc) is 3.73. The maximum absolute atomic E-state index is 13.3. The first-order valence-electron chi connectivity index (χ1n) is 25.2. The van der Waals surface area contributed by atoms with Gasteiger partial charge in [-0.25, -0.2) is 4.79 Å². The van der Waals surface area contributed by atoms with Gasteiger partial charge in [-0.2, -0.15) is 0 Å². The lowest BCUT2D eigenvalue weighted by Gasteiger charge is -2.24. The summed E-state index contributed by atoms with van der Waals surface area (Å²) in [4.78, 5) is 30.6. The highest BCUT2D eigenvalue weighted by atomic mass is 16.5. The smallest absolute Gasteiger partial charge is 0.317 e.